The summed E-state index contributed by atoms with van der Waals surface area (Å²) in [7, 11) is 1.75. The number of hydrogen-bond acceptors (Lipinski definition) is 3. The molecule has 2 heterocycles. The van der Waals surface area contributed by atoms with Gasteiger partial charge in [0.05, 0.1) is 0 Å². The van der Waals surface area contributed by atoms with Crippen molar-refractivity contribution in [3.63, 3.8) is 0 Å². The first-order chi connectivity index (χ1) is 7.20. The smallest absolute Gasteiger partial charge is 0.212 e. The highest BCUT2D eigenvalue weighted by Crippen LogP contribution is 2.10. The number of hydrogen-bond donors (Lipinski definition) is 0. The maximum atomic E-state index is 12.0. The summed E-state index contributed by atoms with van der Waals surface area (Å²) in [5.41, 5.74) is 1.94. The third kappa shape index (κ3) is 1.66. The van der Waals surface area contributed by atoms with E-state index in [1.165, 1.54) is 0 Å². The predicted octanol–water partition coefficient (Wildman–Crippen LogP) is 1.35. The summed E-state index contributed by atoms with van der Waals surface area (Å²) in [6.07, 6.45) is 3.29. The number of pyridine rings is 1. The summed E-state index contributed by atoms with van der Waals surface area (Å²) < 4.78 is 1.56. The third-order valence-electron chi connectivity index (χ3n) is 2.31. The molecule has 0 aromatic carbocycles. The van der Waals surface area contributed by atoms with E-state index in [2.05, 4.69) is 10.1 Å². The van der Waals surface area contributed by atoms with Crippen LogP contribution in [0, 0.1) is 6.92 Å². The molecule has 0 amide bonds. The van der Waals surface area contributed by atoms with Crippen LogP contribution in [0.5, 0.6) is 0 Å². The Morgan fingerprint density at radius 2 is 2.13 bits per heavy atom. The summed E-state index contributed by atoms with van der Waals surface area (Å²) in [6.45, 7) is 1.82. The van der Waals surface area contributed by atoms with Gasteiger partial charge in [-0.3, -0.25) is 14.5 Å². The average Bonchev–Trinajstić information content (AvgIpc) is 2.64. The lowest BCUT2D eigenvalue weighted by atomic mass is 10.1. The molecular formula is C11H11N3O. The summed E-state index contributed by atoms with van der Waals surface area (Å²) in [5.74, 6) is -0.0411. The van der Waals surface area contributed by atoms with Crippen molar-refractivity contribution in [1.29, 1.82) is 0 Å². The fourth-order valence-electron chi connectivity index (χ4n) is 1.46. The van der Waals surface area contributed by atoms with Crippen LogP contribution in [0.3, 0.4) is 0 Å². The molecule has 0 N–H and O–H groups in total. The van der Waals surface area contributed by atoms with E-state index in [1.807, 2.05) is 6.92 Å². The predicted molar refractivity (Wildman–Crippen MR) is 55.6 cm³/mol. The Balaban J connectivity index is 2.46. The minimum atomic E-state index is -0.0411. The molecule has 0 aliphatic rings. The van der Waals surface area contributed by atoms with Crippen LogP contribution in [-0.2, 0) is 7.05 Å². The van der Waals surface area contributed by atoms with Gasteiger partial charge in [0.1, 0.15) is 5.69 Å². The monoisotopic (exact) mass is 201 g/mol. The van der Waals surface area contributed by atoms with Crippen LogP contribution in [0.2, 0.25) is 0 Å². The normalized spacial score (nSPS) is 10.3. The van der Waals surface area contributed by atoms with Crippen molar-refractivity contribution >= 4 is 5.78 Å². The third-order valence-corrected chi connectivity index (χ3v) is 2.31. The summed E-state index contributed by atoms with van der Waals surface area (Å²) in [6, 6.07) is 5.24. The van der Waals surface area contributed by atoms with Gasteiger partial charge in [0.2, 0.25) is 5.78 Å². The van der Waals surface area contributed by atoms with Gasteiger partial charge >= 0.3 is 0 Å². The van der Waals surface area contributed by atoms with Crippen molar-refractivity contribution in [2.45, 2.75) is 6.92 Å². The first-order valence-electron chi connectivity index (χ1n) is 4.64. The van der Waals surface area contributed by atoms with E-state index in [9.17, 15) is 4.79 Å². The van der Waals surface area contributed by atoms with Crippen LogP contribution in [0.4, 0.5) is 0 Å². The zero-order chi connectivity index (χ0) is 10.8. The Morgan fingerprint density at radius 1 is 1.33 bits per heavy atom. The summed E-state index contributed by atoms with van der Waals surface area (Å²) in [5, 5.41) is 3.97. The van der Waals surface area contributed by atoms with Gasteiger partial charge in [0, 0.05) is 30.7 Å². The highest BCUT2D eigenvalue weighted by Gasteiger charge is 2.14. The van der Waals surface area contributed by atoms with Crippen molar-refractivity contribution in [2.24, 2.45) is 7.05 Å². The van der Waals surface area contributed by atoms with Gasteiger partial charge < -0.3 is 0 Å². The Labute approximate surface area is 87.6 Å². The minimum Gasteiger partial charge on any atom is -0.287 e. The number of nitrogens with zero attached hydrogens (tertiary/aromatic N) is 3. The lowest BCUT2D eigenvalue weighted by Crippen LogP contribution is -2.10. The van der Waals surface area contributed by atoms with Crippen LogP contribution in [0.1, 0.15) is 21.7 Å². The molecule has 0 radical (unpaired) electrons. The van der Waals surface area contributed by atoms with Crippen LogP contribution in [0.25, 0.3) is 0 Å². The zero-order valence-corrected chi connectivity index (χ0v) is 8.64. The van der Waals surface area contributed by atoms with Gasteiger partial charge in [0.25, 0.3) is 0 Å². The molecule has 2 aromatic heterocycles. The highest BCUT2D eigenvalue weighted by atomic mass is 16.1. The van der Waals surface area contributed by atoms with E-state index in [-0.39, 0.29) is 5.78 Å². The number of ketones is 1. The van der Waals surface area contributed by atoms with Crippen molar-refractivity contribution < 1.29 is 4.79 Å². The van der Waals surface area contributed by atoms with Gasteiger partial charge in [-0.05, 0) is 25.1 Å². The molecule has 4 nitrogen and oxygen atoms in total. The number of aromatic nitrogens is 3. The first kappa shape index (κ1) is 9.58. The molecule has 0 saturated carbocycles. The van der Waals surface area contributed by atoms with Gasteiger partial charge in [-0.15, -0.1) is 0 Å². The average molecular weight is 201 g/mol. The van der Waals surface area contributed by atoms with Crippen molar-refractivity contribution in [3.8, 4) is 0 Å². The van der Waals surface area contributed by atoms with Crippen molar-refractivity contribution in [3.05, 3.63) is 47.5 Å². The van der Waals surface area contributed by atoms with E-state index >= 15 is 0 Å². The van der Waals surface area contributed by atoms with Gasteiger partial charge in [-0.1, -0.05) is 0 Å². The maximum absolute atomic E-state index is 12.0. The van der Waals surface area contributed by atoms with Crippen LogP contribution in [-0.4, -0.2) is 20.5 Å². The van der Waals surface area contributed by atoms with Gasteiger partial charge in [-0.25, -0.2) is 0 Å². The molecule has 0 spiro atoms. The number of carbonyl (C=O) groups excluding carboxylic acids is 1. The topological polar surface area (TPSA) is 47.8 Å². The second-order valence-corrected chi connectivity index (χ2v) is 3.31. The van der Waals surface area contributed by atoms with Crippen molar-refractivity contribution in [1.82, 2.24) is 14.8 Å². The fourth-order valence-corrected chi connectivity index (χ4v) is 1.46. The number of rotatable bonds is 2. The lowest BCUT2D eigenvalue weighted by molar-refractivity contribution is 0.102. The SMILES string of the molecule is Cc1ncccc1C(=O)c1ccnn1C. The molecule has 0 saturated heterocycles. The second kappa shape index (κ2) is 3.65. The zero-order valence-electron chi connectivity index (χ0n) is 8.64. The number of aryl methyl sites for hydroxylation is 2. The molecule has 15 heavy (non-hydrogen) atoms. The molecule has 0 atom stereocenters. The van der Waals surface area contributed by atoms with Gasteiger partial charge in [0.15, 0.2) is 0 Å². The molecule has 2 rings (SSSR count). The molecule has 76 valence electrons. The Bertz CT molecular complexity index is 502. The molecule has 4 heteroatoms. The first-order valence-corrected chi connectivity index (χ1v) is 4.64. The molecule has 0 fully saturated rings. The molecule has 0 unspecified atom stereocenters. The molecule has 2 aromatic rings. The summed E-state index contributed by atoms with van der Waals surface area (Å²) in [4.78, 5) is 16.1. The maximum Gasteiger partial charge on any atom is 0.212 e. The summed E-state index contributed by atoms with van der Waals surface area (Å²) >= 11 is 0. The van der Waals surface area contributed by atoms with E-state index in [1.54, 1.807) is 42.3 Å². The van der Waals surface area contributed by atoms with Crippen LogP contribution >= 0.6 is 0 Å². The van der Waals surface area contributed by atoms with Crippen LogP contribution < -0.4 is 0 Å². The highest BCUT2D eigenvalue weighted by molar-refractivity contribution is 6.08. The van der Waals surface area contributed by atoms with Crippen molar-refractivity contribution in [2.75, 3.05) is 0 Å². The standard InChI is InChI=1S/C11H11N3O/c1-8-9(4-3-6-12-8)11(15)10-5-7-13-14(10)2/h3-7H,1-2H3. The van der Waals surface area contributed by atoms with E-state index < -0.39 is 0 Å². The molecule has 0 aliphatic heterocycles. The number of carbonyl (C=O) groups is 1. The van der Waals surface area contributed by atoms with E-state index in [0.29, 0.717) is 11.3 Å². The van der Waals surface area contributed by atoms with Crippen LogP contribution in [0.15, 0.2) is 30.6 Å². The molecular weight excluding hydrogens is 190 g/mol. The quantitative estimate of drug-likeness (QED) is 0.689. The van der Waals surface area contributed by atoms with E-state index in [4.69, 9.17) is 0 Å². The fraction of sp³-hybridized carbons (Fsp3) is 0.182. The molecule has 0 aliphatic carbocycles. The van der Waals surface area contributed by atoms with Gasteiger partial charge in [-0.2, -0.15) is 5.10 Å². The molecule has 0 bridgehead atoms. The largest absolute Gasteiger partial charge is 0.287 e. The lowest BCUT2D eigenvalue weighted by Gasteiger charge is -2.03. The Hall–Kier alpha value is -1.97. The Kier molecular flexibility index (Phi) is 2.33. The Morgan fingerprint density at radius 3 is 2.73 bits per heavy atom. The van der Waals surface area contributed by atoms with E-state index in [0.717, 1.165) is 5.69 Å². The second-order valence-electron chi connectivity index (χ2n) is 3.31. The minimum absolute atomic E-state index is 0.0411.